The summed E-state index contributed by atoms with van der Waals surface area (Å²) < 4.78 is 46.9. The van der Waals surface area contributed by atoms with Gasteiger partial charge in [0.25, 0.3) is 0 Å². The molecule has 0 aromatic carbocycles. The Morgan fingerprint density at radius 3 is 0.930 bits per heavy atom. The predicted octanol–water partition coefficient (Wildman–Crippen LogP) is 21.9. The summed E-state index contributed by atoms with van der Waals surface area (Å²) in [6.07, 6.45) is 20.9. The van der Waals surface area contributed by atoms with Gasteiger partial charge in [-0.1, -0.05) is 0 Å². The molecule has 0 saturated carbocycles. The summed E-state index contributed by atoms with van der Waals surface area (Å²) in [6, 6.07) is 13.1. The van der Waals surface area contributed by atoms with Crippen LogP contribution >= 0.6 is 0 Å². The molecule has 0 radical (unpaired) electrons. The molecule has 4 atom stereocenters. The van der Waals surface area contributed by atoms with Gasteiger partial charge in [-0.2, -0.15) is 0 Å². The van der Waals surface area contributed by atoms with E-state index in [1.54, 1.807) is 0 Å². The van der Waals surface area contributed by atoms with E-state index in [1.165, 1.54) is 109 Å². The molecule has 0 spiro atoms. The van der Waals surface area contributed by atoms with Crippen LogP contribution in [-0.2, 0) is 17.7 Å². The molecular formula is C61H128O4Si4Sn2. The first-order valence-corrected chi connectivity index (χ1v) is 57.0. The minimum absolute atomic E-state index is 0.191. The van der Waals surface area contributed by atoms with E-state index in [4.69, 9.17) is 30.9 Å². The zero-order valence-electron chi connectivity index (χ0n) is 51.6. The molecule has 0 N–H and O–H groups in total. The monoisotopic (exact) mass is 1280 g/mol. The Morgan fingerprint density at radius 2 is 0.634 bits per heavy atom. The minimum atomic E-state index is -2.79. The van der Waals surface area contributed by atoms with E-state index in [9.17, 15) is 0 Å². The van der Waals surface area contributed by atoms with Crippen molar-refractivity contribution in [1.29, 1.82) is 0 Å². The fourth-order valence-electron chi connectivity index (χ4n) is 11.8. The van der Waals surface area contributed by atoms with Crippen molar-refractivity contribution in [3.05, 3.63) is 44.6 Å². The van der Waals surface area contributed by atoms with Crippen LogP contribution in [0.25, 0.3) is 0 Å². The molecular weight excluding hydrogens is 1150 g/mol. The molecule has 0 amide bonds. The topological polar surface area (TPSA) is 36.9 Å². The molecule has 0 aliphatic rings. The molecule has 4 nitrogen and oxygen atoms in total. The van der Waals surface area contributed by atoms with Crippen LogP contribution in [-0.4, -0.2) is 94.4 Å². The van der Waals surface area contributed by atoms with Gasteiger partial charge < -0.3 is 0 Å². The summed E-state index contributed by atoms with van der Waals surface area (Å²) in [5.74, 6) is 0. The Hall–Kier alpha value is 1.26. The van der Waals surface area contributed by atoms with Crippen molar-refractivity contribution in [2.75, 3.05) is 0 Å². The molecule has 0 rings (SSSR count). The summed E-state index contributed by atoms with van der Waals surface area (Å²) >= 11 is -5.36. The first kappa shape index (κ1) is 72.3. The van der Waals surface area contributed by atoms with Gasteiger partial charge in [0.1, 0.15) is 0 Å². The van der Waals surface area contributed by atoms with E-state index < -0.39 is 70.0 Å². The Bertz CT molecular complexity index is 1350. The predicted molar refractivity (Wildman–Crippen MR) is 339 cm³/mol. The Kier molecular flexibility index (Phi) is 40.3. The van der Waals surface area contributed by atoms with Gasteiger partial charge in [0.05, 0.1) is 0 Å². The van der Waals surface area contributed by atoms with Crippen molar-refractivity contribution in [1.82, 2.24) is 0 Å². The molecule has 0 bridgehead atoms. The second-order valence-corrected chi connectivity index (χ2v) is 67.6. The van der Waals surface area contributed by atoms with Gasteiger partial charge in [0.2, 0.25) is 0 Å². The SMILES string of the molecule is C=C(C/C=[CH]/[Sn]([CH2]CCC)([CH2]CCC)[CH2]CCC)[C@H](O[Si](CC)(CC)CC)[C@@H](O[Si](CC)(CC)CC)C(=C)[C@H](O[Si](CC)(CC)CC)[C@H](/C=[CH]/[Sn]([CH2]CCC)([CH2]CCC)[CH2]CCC)O[Si](CC)(CC)CC. The maximum absolute atomic E-state index is 8.14. The number of hydrogen-bond acceptors (Lipinski definition) is 4. The van der Waals surface area contributed by atoms with Crippen molar-refractivity contribution in [3.63, 3.8) is 0 Å². The summed E-state index contributed by atoms with van der Waals surface area (Å²) in [4.78, 5) is 0. The molecule has 0 fully saturated rings. The molecule has 0 aliphatic carbocycles. The number of rotatable bonds is 48. The summed E-state index contributed by atoms with van der Waals surface area (Å²) in [6.45, 7) is 53.7. The van der Waals surface area contributed by atoms with Gasteiger partial charge in [-0.3, -0.25) is 0 Å². The molecule has 71 heavy (non-hydrogen) atoms. The van der Waals surface area contributed by atoms with Crippen molar-refractivity contribution in [3.8, 4) is 0 Å². The third-order valence-corrected chi connectivity index (χ3v) is 65.5. The van der Waals surface area contributed by atoms with Crippen LogP contribution in [0.5, 0.6) is 0 Å². The van der Waals surface area contributed by atoms with Crippen LogP contribution in [0.15, 0.2) is 44.6 Å². The van der Waals surface area contributed by atoms with E-state index in [0.29, 0.717) is 0 Å². The quantitative estimate of drug-likeness (QED) is 0.0449. The third kappa shape index (κ3) is 23.6. The second kappa shape index (κ2) is 39.6. The van der Waals surface area contributed by atoms with Crippen molar-refractivity contribution in [2.45, 2.75) is 332 Å². The van der Waals surface area contributed by atoms with Crippen molar-refractivity contribution in [2.24, 2.45) is 0 Å². The number of hydrogen-bond donors (Lipinski definition) is 0. The average molecular weight is 1280 g/mol. The first-order chi connectivity index (χ1) is 34.0. The Balaban J connectivity index is 8.97. The van der Waals surface area contributed by atoms with Crippen LogP contribution < -0.4 is 0 Å². The number of unbranched alkanes of at least 4 members (excludes halogenated alkanes) is 6. The van der Waals surface area contributed by atoms with E-state index in [1.807, 2.05) is 0 Å². The van der Waals surface area contributed by atoms with Crippen molar-refractivity contribution < 1.29 is 17.7 Å². The van der Waals surface area contributed by atoms with Crippen molar-refractivity contribution >= 4 is 70.0 Å². The van der Waals surface area contributed by atoms with E-state index in [-0.39, 0.29) is 24.4 Å². The Labute approximate surface area is 460 Å². The van der Waals surface area contributed by atoms with Crippen LogP contribution in [0.3, 0.4) is 0 Å². The van der Waals surface area contributed by atoms with Gasteiger partial charge >= 0.3 is 464 Å². The van der Waals surface area contributed by atoms with Gasteiger partial charge in [0, 0.05) is 0 Å². The van der Waals surface area contributed by atoms with Crippen LogP contribution in [0.1, 0.15) is 208 Å². The van der Waals surface area contributed by atoms with Gasteiger partial charge in [0.15, 0.2) is 0 Å². The second-order valence-electron chi connectivity index (χ2n) is 22.7. The van der Waals surface area contributed by atoms with Crippen LogP contribution in [0, 0.1) is 0 Å². The molecule has 0 aromatic rings. The van der Waals surface area contributed by atoms with E-state index in [0.717, 1.165) is 84.5 Å². The molecule has 420 valence electrons. The molecule has 0 saturated heterocycles. The molecule has 0 unspecified atom stereocenters. The summed E-state index contributed by atoms with van der Waals surface area (Å²) in [5, 5.41) is 0. The maximum atomic E-state index is 8.14. The first-order valence-electron chi connectivity index (χ1n) is 31.4. The standard InChI is InChI=1S/C37H74O4Si4.6C4H9.2Sn/c1-17-31-32(15)35(39-43(22-6,23-7)24-8)37(41-45(28-12,29-13)30-14)33(16)36(40-44(25-9,26-10)27-11)34(18-2)38-42(19-3,20-4)21-5;6*1-3-4-2;;/h1-2,17-18,34-37H,15-16,19-31H2,3-14H3;6*1,3-4H2,2H3;;/t34-,35-,36-,37-;;;;;;;;/m0......../s1. The zero-order chi connectivity index (χ0) is 54.0. The summed E-state index contributed by atoms with van der Waals surface area (Å²) in [5.41, 5.74) is 2.28. The fourth-order valence-corrected chi connectivity index (χ4v) is 51.8. The van der Waals surface area contributed by atoms with Gasteiger partial charge in [-0.05, 0) is 0 Å². The van der Waals surface area contributed by atoms with Crippen LogP contribution in [0.4, 0.5) is 0 Å². The van der Waals surface area contributed by atoms with Gasteiger partial charge in [-0.15, -0.1) is 0 Å². The molecule has 10 heteroatoms. The summed E-state index contributed by atoms with van der Waals surface area (Å²) in [7, 11) is -8.82. The fraction of sp³-hybridized carbons (Fsp3) is 0.869. The van der Waals surface area contributed by atoms with E-state index in [2.05, 4.69) is 145 Å². The molecule has 0 aromatic heterocycles. The van der Waals surface area contributed by atoms with Gasteiger partial charge in [-0.25, -0.2) is 0 Å². The van der Waals surface area contributed by atoms with Crippen LogP contribution in [0.2, 0.25) is 99.1 Å². The zero-order valence-corrected chi connectivity index (χ0v) is 61.3. The molecule has 0 heterocycles. The average Bonchev–Trinajstić information content (AvgIpc) is 3.41. The number of allylic oxidation sites excluding steroid dienone is 1. The Morgan fingerprint density at radius 1 is 0.366 bits per heavy atom. The van der Waals surface area contributed by atoms with E-state index >= 15 is 0 Å². The third-order valence-electron chi connectivity index (χ3n) is 18.6. The normalized spacial score (nSPS) is 15.2. The molecule has 0 aliphatic heterocycles.